The van der Waals surface area contributed by atoms with Crippen LogP contribution in [0.3, 0.4) is 0 Å². The molecule has 0 radical (unpaired) electrons. The Morgan fingerprint density at radius 2 is 1.84 bits per heavy atom. The van der Waals surface area contributed by atoms with Crippen molar-refractivity contribution in [3.05, 3.63) is 31.3 Å². The van der Waals surface area contributed by atoms with Gasteiger partial charge in [0.15, 0.2) is 0 Å². The Labute approximate surface area is 186 Å². The Morgan fingerprint density at radius 3 is 2.38 bits per heavy atom. The van der Waals surface area contributed by atoms with Crippen LogP contribution in [0.4, 0.5) is 13.2 Å². The predicted octanol–water partition coefficient (Wildman–Crippen LogP) is 2.73. The number of fused-ring (bicyclic) bond motifs is 1. The fourth-order valence-electron chi connectivity index (χ4n) is 3.10. The van der Waals surface area contributed by atoms with E-state index in [2.05, 4.69) is 5.32 Å². The number of carbonyl (C=O) groups is 1. The maximum Gasteiger partial charge on any atom is 0.409 e. The topological polar surface area (TPSA) is 91.6 Å². The number of hydrogen-bond donors (Lipinski definition) is 1. The first-order valence-electron chi connectivity index (χ1n) is 9.94. The van der Waals surface area contributed by atoms with E-state index in [4.69, 9.17) is 9.47 Å². The molecule has 0 aliphatic rings. The number of halogens is 3. The molecule has 1 N–H and O–H groups in total. The second-order valence-electron chi connectivity index (χ2n) is 8.34. The number of rotatable bonds is 8. The quantitative estimate of drug-likeness (QED) is 0.586. The number of aromatic nitrogens is 2. The van der Waals surface area contributed by atoms with Crippen molar-refractivity contribution in [3.8, 4) is 0 Å². The highest BCUT2D eigenvalue weighted by Gasteiger charge is 2.40. The van der Waals surface area contributed by atoms with Crippen molar-refractivity contribution < 1.29 is 27.4 Å². The lowest BCUT2D eigenvalue weighted by Crippen LogP contribution is -2.45. The van der Waals surface area contributed by atoms with E-state index in [-0.39, 0.29) is 41.0 Å². The Bertz CT molecular complexity index is 1100. The molecule has 8 nitrogen and oxygen atoms in total. The van der Waals surface area contributed by atoms with Gasteiger partial charge in [0, 0.05) is 18.5 Å². The van der Waals surface area contributed by atoms with Gasteiger partial charge in [-0.25, -0.2) is 9.36 Å². The maximum atomic E-state index is 13.4. The molecule has 0 bridgehead atoms. The van der Waals surface area contributed by atoms with Gasteiger partial charge in [-0.15, -0.1) is 11.3 Å². The van der Waals surface area contributed by atoms with E-state index in [0.717, 1.165) is 22.8 Å². The third-order valence-electron chi connectivity index (χ3n) is 4.70. The number of nitrogens with zero attached hydrogens (tertiary/aromatic N) is 2. The fourth-order valence-corrected chi connectivity index (χ4v) is 4.39. The Hall–Kier alpha value is -2.18. The van der Waals surface area contributed by atoms with Crippen molar-refractivity contribution in [2.24, 2.45) is 0 Å². The molecule has 0 aliphatic heterocycles. The van der Waals surface area contributed by atoms with E-state index in [1.54, 1.807) is 27.7 Å². The van der Waals surface area contributed by atoms with Crippen LogP contribution in [0.5, 0.6) is 0 Å². The van der Waals surface area contributed by atoms with Crippen LogP contribution in [0.1, 0.15) is 44.2 Å². The number of methoxy groups -OCH3 is 1. The molecule has 32 heavy (non-hydrogen) atoms. The summed E-state index contributed by atoms with van der Waals surface area (Å²) in [6.07, 6.45) is -4.77. The SMILES string of the molecule is COCCn1c(=O)n(C(C)C(F)(F)F)c(=O)c2c(C)c(CNCC(=O)OC(C)(C)C)sc21. The number of nitrogens with one attached hydrogen (secondary N) is 1. The number of aryl methyl sites for hydroxylation is 1. The molecule has 0 saturated heterocycles. The van der Waals surface area contributed by atoms with Gasteiger partial charge in [-0.1, -0.05) is 0 Å². The third kappa shape index (κ3) is 5.78. The normalized spacial score (nSPS) is 13.5. The summed E-state index contributed by atoms with van der Waals surface area (Å²) in [7, 11) is 1.41. The second-order valence-corrected chi connectivity index (χ2v) is 9.42. The van der Waals surface area contributed by atoms with E-state index in [1.807, 2.05) is 0 Å². The van der Waals surface area contributed by atoms with Gasteiger partial charge in [-0.3, -0.25) is 14.2 Å². The van der Waals surface area contributed by atoms with Crippen molar-refractivity contribution in [1.29, 1.82) is 0 Å². The highest BCUT2D eigenvalue weighted by Crippen LogP contribution is 2.31. The van der Waals surface area contributed by atoms with Gasteiger partial charge in [0.1, 0.15) is 16.5 Å². The maximum absolute atomic E-state index is 13.4. The lowest BCUT2D eigenvalue weighted by Gasteiger charge is -2.19. The van der Waals surface area contributed by atoms with Crippen molar-refractivity contribution in [2.75, 3.05) is 20.3 Å². The van der Waals surface area contributed by atoms with Gasteiger partial charge in [-0.2, -0.15) is 13.2 Å². The largest absolute Gasteiger partial charge is 0.459 e. The van der Waals surface area contributed by atoms with Gasteiger partial charge in [0.25, 0.3) is 5.56 Å². The minimum atomic E-state index is -4.77. The number of ether oxygens (including phenoxy) is 2. The number of thiophene rings is 1. The molecule has 0 saturated carbocycles. The summed E-state index contributed by atoms with van der Waals surface area (Å²) >= 11 is 1.12. The van der Waals surface area contributed by atoms with Crippen LogP contribution in [-0.2, 0) is 27.4 Å². The molecule has 2 heterocycles. The van der Waals surface area contributed by atoms with Gasteiger partial charge in [-0.05, 0) is 40.2 Å². The molecule has 0 spiro atoms. The molecule has 180 valence electrons. The zero-order chi connectivity index (χ0) is 24.4. The van der Waals surface area contributed by atoms with E-state index in [1.165, 1.54) is 7.11 Å². The smallest absolute Gasteiger partial charge is 0.409 e. The zero-order valence-electron chi connectivity index (χ0n) is 18.9. The lowest BCUT2D eigenvalue weighted by molar-refractivity contribution is -0.164. The van der Waals surface area contributed by atoms with Gasteiger partial charge >= 0.3 is 17.8 Å². The minimum Gasteiger partial charge on any atom is -0.459 e. The van der Waals surface area contributed by atoms with Crippen LogP contribution < -0.4 is 16.6 Å². The first-order valence-corrected chi connectivity index (χ1v) is 10.8. The molecule has 1 unspecified atom stereocenters. The lowest BCUT2D eigenvalue weighted by atomic mass is 10.2. The number of hydrogen-bond acceptors (Lipinski definition) is 7. The first-order chi connectivity index (χ1) is 14.7. The molecule has 2 aromatic rings. The molecule has 0 amide bonds. The van der Waals surface area contributed by atoms with Crippen molar-refractivity contribution in [2.45, 2.75) is 65.5 Å². The molecule has 0 aliphatic carbocycles. The summed E-state index contributed by atoms with van der Waals surface area (Å²) in [5.41, 5.74) is -2.21. The zero-order valence-corrected chi connectivity index (χ0v) is 19.7. The molecule has 1 atom stereocenters. The van der Waals surface area contributed by atoms with Crippen molar-refractivity contribution >= 4 is 27.5 Å². The van der Waals surface area contributed by atoms with Crippen molar-refractivity contribution in [3.63, 3.8) is 0 Å². The number of alkyl halides is 3. The van der Waals surface area contributed by atoms with Gasteiger partial charge in [0.2, 0.25) is 0 Å². The summed E-state index contributed by atoms with van der Waals surface area (Å²) in [6.45, 7) is 7.78. The molecule has 0 aromatic carbocycles. The summed E-state index contributed by atoms with van der Waals surface area (Å²) in [4.78, 5) is 38.6. The van der Waals surface area contributed by atoms with Crippen LogP contribution in [-0.4, -0.2) is 47.1 Å². The van der Waals surface area contributed by atoms with Crippen LogP contribution in [0.25, 0.3) is 10.2 Å². The monoisotopic (exact) mass is 479 g/mol. The van der Waals surface area contributed by atoms with Crippen LogP contribution in [0.15, 0.2) is 9.59 Å². The predicted molar refractivity (Wildman–Crippen MR) is 115 cm³/mol. The Morgan fingerprint density at radius 1 is 1.22 bits per heavy atom. The summed E-state index contributed by atoms with van der Waals surface area (Å²) < 4.78 is 51.7. The summed E-state index contributed by atoms with van der Waals surface area (Å²) in [5, 5.41) is 2.97. The average molecular weight is 480 g/mol. The van der Waals surface area contributed by atoms with Crippen LogP contribution in [0, 0.1) is 6.92 Å². The summed E-state index contributed by atoms with van der Waals surface area (Å²) in [5.74, 6) is -0.463. The van der Waals surface area contributed by atoms with Gasteiger partial charge < -0.3 is 14.8 Å². The van der Waals surface area contributed by atoms with E-state index >= 15 is 0 Å². The fraction of sp³-hybridized carbons (Fsp3) is 0.650. The van der Waals surface area contributed by atoms with E-state index in [9.17, 15) is 27.6 Å². The van der Waals surface area contributed by atoms with Crippen LogP contribution in [0.2, 0.25) is 0 Å². The molecule has 0 fully saturated rings. The van der Waals surface area contributed by atoms with E-state index < -0.39 is 35.0 Å². The second kappa shape index (κ2) is 9.75. The Kier molecular flexibility index (Phi) is 7.95. The molecule has 2 aromatic heterocycles. The van der Waals surface area contributed by atoms with Crippen LogP contribution >= 0.6 is 11.3 Å². The standard InChI is InChI=1S/C20H28F3N3O5S/c1-11-13(9-24-10-14(27)31-19(3,4)5)32-17-15(11)16(28)26(12(2)20(21,22)23)18(29)25(17)7-8-30-6/h12,24H,7-10H2,1-6H3. The average Bonchev–Trinajstić information content (AvgIpc) is 2.96. The Balaban J connectivity index is 2.51. The van der Waals surface area contributed by atoms with Gasteiger partial charge in [0.05, 0.1) is 25.1 Å². The molecular formula is C20H28F3N3O5S. The molecule has 2 rings (SSSR count). The first kappa shape index (κ1) is 26.1. The van der Waals surface area contributed by atoms with Crippen molar-refractivity contribution in [1.82, 2.24) is 14.5 Å². The third-order valence-corrected chi connectivity index (χ3v) is 6.01. The minimum absolute atomic E-state index is 0.0125. The molecule has 12 heteroatoms. The summed E-state index contributed by atoms with van der Waals surface area (Å²) in [6, 6.07) is -2.28. The van der Waals surface area contributed by atoms with E-state index in [0.29, 0.717) is 10.4 Å². The number of esters is 1. The highest BCUT2D eigenvalue weighted by molar-refractivity contribution is 7.18. The number of carbonyl (C=O) groups excluding carboxylic acids is 1. The molecular weight excluding hydrogens is 451 g/mol. The highest BCUT2D eigenvalue weighted by atomic mass is 32.1.